The molecule has 1 amide bonds. The molecule has 0 N–H and O–H groups in total. The number of carbonyl (C=O) groups is 1. The zero-order valence-electron chi connectivity index (χ0n) is 18.1. The van der Waals surface area contributed by atoms with E-state index in [2.05, 4.69) is 4.98 Å². The first-order valence-corrected chi connectivity index (χ1v) is 11.8. The predicted molar refractivity (Wildman–Crippen MR) is 132 cm³/mol. The Hall–Kier alpha value is -3.98. The van der Waals surface area contributed by atoms with Crippen LogP contribution in [0, 0.1) is 10.1 Å². The molecule has 0 atom stereocenters. The minimum atomic E-state index is -0.490. The van der Waals surface area contributed by atoms with Crippen molar-refractivity contribution in [2.45, 2.75) is 18.0 Å². The molecular formula is C25H20N4O4S. The van der Waals surface area contributed by atoms with E-state index < -0.39 is 4.92 Å². The largest absolute Gasteiger partial charge is 0.311 e. The molecule has 4 aromatic rings. The molecule has 8 nitrogen and oxygen atoms in total. The van der Waals surface area contributed by atoms with Crippen LogP contribution in [0.4, 0.5) is 11.4 Å². The third-order valence-electron chi connectivity index (χ3n) is 5.80. The Morgan fingerprint density at radius 2 is 1.76 bits per heavy atom. The Labute approximate surface area is 199 Å². The minimum Gasteiger partial charge on any atom is -0.311 e. The second-order valence-electron chi connectivity index (χ2n) is 7.89. The van der Waals surface area contributed by atoms with Gasteiger partial charge in [-0.05, 0) is 48.7 Å². The summed E-state index contributed by atoms with van der Waals surface area (Å²) in [5.41, 5.74) is 2.70. The Morgan fingerprint density at radius 1 is 1.03 bits per heavy atom. The maximum atomic E-state index is 13.4. The van der Waals surface area contributed by atoms with Gasteiger partial charge in [-0.25, -0.2) is 4.98 Å². The van der Waals surface area contributed by atoms with Crippen LogP contribution in [0.15, 0.2) is 82.7 Å². The highest BCUT2D eigenvalue weighted by atomic mass is 32.2. The molecule has 1 aromatic heterocycles. The van der Waals surface area contributed by atoms with Crippen LogP contribution >= 0.6 is 11.8 Å². The van der Waals surface area contributed by atoms with Crippen LogP contribution in [-0.4, -0.2) is 32.7 Å². The zero-order valence-corrected chi connectivity index (χ0v) is 18.9. The Kier molecular flexibility index (Phi) is 5.85. The summed E-state index contributed by atoms with van der Waals surface area (Å²) in [6.45, 7) is 0.650. The minimum absolute atomic E-state index is 0.0604. The molecule has 0 bridgehead atoms. The number of rotatable bonds is 5. The number of fused-ring (bicyclic) bond motifs is 2. The standard InChI is InChI=1S/C25H20N4O4S/c30-23(27-15-5-7-17-6-1-4-10-22(17)27)16-34-25-26-21-9-3-2-8-20(21)24(31)28(25)18-11-13-19(14-12-18)29(32)33/h1-4,6,8-14H,5,7,15-16H2. The molecule has 0 saturated heterocycles. The summed E-state index contributed by atoms with van der Waals surface area (Å²) in [6.07, 6.45) is 1.84. The van der Waals surface area contributed by atoms with Gasteiger partial charge in [0.2, 0.25) is 5.91 Å². The fourth-order valence-electron chi connectivity index (χ4n) is 4.16. The third kappa shape index (κ3) is 4.06. The van der Waals surface area contributed by atoms with Crippen molar-refractivity contribution in [1.82, 2.24) is 9.55 Å². The van der Waals surface area contributed by atoms with E-state index in [1.165, 1.54) is 40.6 Å². The van der Waals surface area contributed by atoms with Crippen molar-refractivity contribution in [2.75, 3.05) is 17.2 Å². The van der Waals surface area contributed by atoms with Crippen LogP contribution in [0.2, 0.25) is 0 Å². The SMILES string of the molecule is O=C(CSc1nc2ccccc2c(=O)n1-c1ccc([N+](=O)[O-])cc1)N1CCCc2ccccc21. The topological polar surface area (TPSA) is 98.3 Å². The number of nitrogens with zero attached hydrogens (tertiary/aromatic N) is 4. The summed E-state index contributed by atoms with van der Waals surface area (Å²) >= 11 is 1.18. The second kappa shape index (κ2) is 9.11. The van der Waals surface area contributed by atoms with Crippen molar-refractivity contribution in [3.63, 3.8) is 0 Å². The Bertz CT molecular complexity index is 1470. The highest BCUT2D eigenvalue weighted by Crippen LogP contribution is 2.29. The van der Waals surface area contributed by atoms with Gasteiger partial charge >= 0.3 is 0 Å². The van der Waals surface area contributed by atoms with Gasteiger partial charge in [-0.3, -0.25) is 24.3 Å². The summed E-state index contributed by atoms with van der Waals surface area (Å²) in [5.74, 6) is 0.0429. The van der Waals surface area contributed by atoms with Crippen molar-refractivity contribution in [2.24, 2.45) is 0 Å². The van der Waals surface area contributed by atoms with E-state index in [0.717, 1.165) is 24.1 Å². The fraction of sp³-hybridized carbons (Fsp3) is 0.160. The lowest BCUT2D eigenvalue weighted by Gasteiger charge is -2.29. The summed E-state index contributed by atoms with van der Waals surface area (Å²) in [4.78, 5) is 43.5. The lowest BCUT2D eigenvalue weighted by Crippen LogP contribution is -2.36. The molecule has 0 radical (unpaired) electrons. The quantitative estimate of drug-likeness (QED) is 0.185. The fourth-order valence-corrected chi connectivity index (χ4v) is 5.05. The molecule has 1 aliphatic rings. The van der Waals surface area contributed by atoms with Gasteiger partial charge in [0, 0.05) is 24.4 Å². The van der Waals surface area contributed by atoms with Crippen LogP contribution in [0.1, 0.15) is 12.0 Å². The number of benzene rings is 3. The number of hydrogen-bond donors (Lipinski definition) is 0. The summed E-state index contributed by atoms with van der Waals surface area (Å²) < 4.78 is 1.41. The van der Waals surface area contributed by atoms with Gasteiger partial charge in [0.1, 0.15) is 0 Å². The molecule has 0 fully saturated rings. The van der Waals surface area contributed by atoms with E-state index in [1.807, 2.05) is 24.3 Å². The van der Waals surface area contributed by atoms with Crippen molar-refractivity contribution in [3.8, 4) is 5.69 Å². The normalized spacial score (nSPS) is 13.0. The maximum absolute atomic E-state index is 13.4. The molecule has 0 saturated carbocycles. The Balaban J connectivity index is 1.50. The number of amides is 1. The molecule has 170 valence electrons. The number of aromatic nitrogens is 2. The van der Waals surface area contributed by atoms with E-state index in [4.69, 9.17) is 0 Å². The number of para-hydroxylation sites is 2. The molecule has 3 aromatic carbocycles. The average Bonchev–Trinajstić information content (AvgIpc) is 2.87. The van der Waals surface area contributed by atoms with Gasteiger partial charge < -0.3 is 4.90 Å². The Morgan fingerprint density at radius 3 is 2.56 bits per heavy atom. The smallest absolute Gasteiger partial charge is 0.269 e. The second-order valence-corrected chi connectivity index (χ2v) is 8.83. The molecule has 5 rings (SSSR count). The number of aryl methyl sites for hydroxylation is 1. The van der Waals surface area contributed by atoms with Crippen LogP contribution < -0.4 is 10.5 Å². The zero-order chi connectivity index (χ0) is 23.7. The van der Waals surface area contributed by atoms with Gasteiger partial charge in [0.25, 0.3) is 11.2 Å². The highest BCUT2D eigenvalue weighted by Gasteiger charge is 2.23. The number of hydrogen-bond acceptors (Lipinski definition) is 6. The van der Waals surface area contributed by atoms with Crippen molar-refractivity contribution < 1.29 is 9.72 Å². The van der Waals surface area contributed by atoms with Crippen molar-refractivity contribution in [3.05, 3.63) is 98.8 Å². The van der Waals surface area contributed by atoms with Crippen molar-refractivity contribution in [1.29, 1.82) is 0 Å². The monoisotopic (exact) mass is 472 g/mol. The lowest BCUT2D eigenvalue weighted by molar-refractivity contribution is -0.384. The van der Waals surface area contributed by atoms with Gasteiger partial charge in [0.15, 0.2) is 5.16 Å². The first kappa shape index (κ1) is 21.8. The maximum Gasteiger partial charge on any atom is 0.269 e. The average molecular weight is 473 g/mol. The van der Waals surface area contributed by atoms with E-state index in [9.17, 15) is 19.7 Å². The lowest BCUT2D eigenvalue weighted by atomic mass is 10.0. The number of thioether (sulfide) groups is 1. The van der Waals surface area contributed by atoms with Crippen LogP contribution in [0.3, 0.4) is 0 Å². The number of nitro groups is 1. The number of nitro benzene ring substituents is 1. The van der Waals surface area contributed by atoms with Gasteiger partial charge in [-0.1, -0.05) is 42.1 Å². The summed E-state index contributed by atoms with van der Waals surface area (Å²) in [5, 5.41) is 11.8. The van der Waals surface area contributed by atoms with Crippen LogP contribution in [0.5, 0.6) is 0 Å². The van der Waals surface area contributed by atoms with E-state index in [-0.39, 0.29) is 22.9 Å². The van der Waals surface area contributed by atoms with E-state index in [0.29, 0.717) is 28.3 Å². The number of anilines is 1. The van der Waals surface area contributed by atoms with E-state index in [1.54, 1.807) is 29.2 Å². The van der Waals surface area contributed by atoms with Crippen LogP contribution in [0.25, 0.3) is 16.6 Å². The molecule has 0 spiro atoms. The molecule has 34 heavy (non-hydrogen) atoms. The van der Waals surface area contributed by atoms with Crippen LogP contribution in [-0.2, 0) is 11.2 Å². The van der Waals surface area contributed by atoms with Gasteiger partial charge in [-0.2, -0.15) is 0 Å². The van der Waals surface area contributed by atoms with Gasteiger partial charge in [-0.15, -0.1) is 0 Å². The molecule has 0 unspecified atom stereocenters. The first-order chi connectivity index (χ1) is 16.5. The molecule has 1 aliphatic heterocycles. The number of carbonyl (C=O) groups excluding carboxylic acids is 1. The summed E-state index contributed by atoms with van der Waals surface area (Å²) in [7, 11) is 0. The molecule has 2 heterocycles. The molecular weight excluding hydrogens is 452 g/mol. The third-order valence-corrected chi connectivity index (χ3v) is 6.72. The van der Waals surface area contributed by atoms with Crippen molar-refractivity contribution >= 4 is 39.9 Å². The van der Waals surface area contributed by atoms with E-state index >= 15 is 0 Å². The molecule has 9 heteroatoms. The molecule has 0 aliphatic carbocycles. The van der Waals surface area contributed by atoms with Gasteiger partial charge in [0.05, 0.1) is 27.3 Å². The summed E-state index contributed by atoms with van der Waals surface area (Å²) in [6, 6.07) is 20.6. The first-order valence-electron chi connectivity index (χ1n) is 10.8. The highest BCUT2D eigenvalue weighted by molar-refractivity contribution is 7.99. The number of non-ortho nitro benzene ring substituents is 1. The predicted octanol–water partition coefficient (Wildman–Crippen LogP) is 4.37.